The van der Waals surface area contributed by atoms with E-state index in [4.69, 9.17) is 0 Å². The fraction of sp³-hybridized carbons (Fsp3) is 0.111. The highest BCUT2D eigenvalue weighted by atomic mass is 32.1. The fourth-order valence-corrected chi connectivity index (χ4v) is 3.85. The maximum atomic E-state index is 14.1. The van der Waals surface area contributed by atoms with Crippen LogP contribution in [0.15, 0.2) is 35.0 Å². The third-order valence-electron chi connectivity index (χ3n) is 3.37. The summed E-state index contributed by atoms with van der Waals surface area (Å²) < 4.78 is 14.1. The number of aryl methyl sites for hydroxylation is 1. The number of hydrogen-bond donors (Lipinski definition) is 0. The summed E-state index contributed by atoms with van der Waals surface area (Å²) in [5, 5.41) is 13.9. The van der Waals surface area contributed by atoms with Gasteiger partial charge in [-0.2, -0.15) is 5.26 Å². The average Bonchev–Trinajstić information content (AvgIpc) is 3.23. The lowest BCUT2D eigenvalue weighted by atomic mass is 10.2. The Balaban J connectivity index is 1.98. The molecule has 2 heterocycles. The first kappa shape index (κ1) is 17.9. The largest absolute Gasteiger partial charge is 0.274 e. The van der Waals surface area contributed by atoms with Gasteiger partial charge in [-0.15, -0.1) is 22.7 Å². The van der Waals surface area contributed by atoms with Gasteiger partial charge in [0.25, 0.3) is 0 Å². The molecule has 2 aromatic heterocycles. The van der Waals surface area contributed by atoms with Crippen LogP contribution in [0.25, 0.3) is 11.6 Å². The molecule has 0 aliphatic heterocycles. The molecule has 0 aliphatic rings. The summed E-state index contributed by atoms with van der Waals surface area (Å²) in [4.78, 5) is 22.0. The zero-order valence-corrected chi connectivity index (χ0v) is 15.6. The predicted octanol–water partition coefficient (Wildman–Crippen LogP) is 4.80. The first-order chi connectivity index (χ1) is 12.5. The third-order valence-corrected chi connectivity index (χ3v) is 5.21. The number of allylic oxidation sites excluding steroid dienone is 1. The van der Waals surface area contributed by atoms with Crippen molar-refractivity contribution < 1.29 is 9.18 Å². The summed E-state index contributed by atoms with van der Waals surface area (Å²) in [7, 11) is 0. The summed E-state index contributed by atoms with van der Waals surface area (Å²) in [5.74, 6) is -0.859. The van der Waals surface area contributed by atoms with Crippen LogP contribution >= 0.6 is 22.7 Å². The van der Waals surface area contributed by atoms with Crippen LogP contribution in [0.1, 0.15) is 23.3 Å². The molecule has 1 amide bonds. The van der Waals surface area contributed by atoms with Crippen LogP contribution in [0, 0.1) is 24.1 Å². The molecule has 0 unspecified atom stereocenters. The molecular weight excluding hydrogens is 371 g/mol. The lowest BCUT2D eigenvalue weighted by Crippen LogP contribution is -2.23. The number of amides is 1. The highest BCUT2D eigenvalue weighted by molar-refractivity contribution is 7.14. The Hall–Kier alpha value is -2.89. The number of carbonyl (C=O) groups is 1. The van der Waals surface area contributed by atoms with Crippen molar-refractivity contribution in [2.75, 3.05) is 4.90 Å². The zero-order valence-electron chi connectivity index (χ0n) is 13.9. The van der Waals surface area contributed by atoms with Gasteiger partial charge in [0.2, 0.25) is 5.91 Å². The van der Waals surface area contributed by atoms with E-state index in [1.807, 2.05) is 12.3 Å². The van der Waals surface area contributed by atoms with Gasteiger partial charge >= 0.3 is 0 Å². The van der Waals surface area contributed by atoms with E-state index >= 15 is 0 Å². The lowest BCUT2D eigenvalue weighted by Gasteiger charge is -2.18. The van der Waals surface area contributed by atoms with Gasteiger partial charge in [0, 0.05) is 23.4 Å². The first-order valence-corrected chi connectivity index (χ1v) is 9.30. The van der Waals surface area contributed by atoms with E-state index in [1.165, 1.54) is 46.6 Å². The van der Waals surface area contributed by atoms with Gasteiger partial charge in [-0.25, -0.2) is 14.4 Å². The van der Waals surface area contributed by atoms with Gasteiger partial charge < -0.3 is 0 Å². The number of benzene rings is 1. The first-order valence-electron chi connectivity index (χ1n) is 7.54. The molecule has 130 valence electrons. The smallest absolute Gasteiger partial charge is 0.230 e. The minimum Gasteiger partial charge on any atom is -0.274 e. The highest BCUT2D eigenvalue weighted by Gasteiger charge is 2.20. The second-order valence-electron chi connectivity index (χ2n) is 5.32. The Morgan fingerprint density at radius 2 is 2.04 bits per heavy atom. The molecule has 0 aliphatic carbocycles. The number of para-hydroxylation sites is 1. The van der Waals surface area contributed by atoms with E-state index in [2.05, 4.69) is 16.0 Å². The molecule has 0 radical (unpaired) electrons. The van der Waals surface area contributed by atoms with Crippen LogP contribution in [0.3, 0.4) is 0 Å². The molecule has 0 saturated heterocycles. The zero-order chi connectivity index (χ0) is 18.7. The molecule has 1 aromatic carbocycles. The van der Waals surface area contributed by atoms with E-state index in [1.54, 1.807) is 23.6 Å². The van der Waals surface area contributed by atoms with Crippen LogP contribution < -0.4 is 4.90 Å². The van der Waals surface area contributed by atoms with Crippen molar-refractivity contribution in [2.45, 2.75) is 13.8 Å². The predicted molar refractivity (Wildman–Crippen MR) is 102 cm³/mol. The second kappa shape index (κ2) is 7.56. The van der Waals surface area contributed by atoms with Gasteiger partial charge in [-0.1, -0.05) is 12.1 Å². The molecule has 26 heavy (non-hydrogen) atoms. The minimum absolute atomic E-state index is 0.140. The van der Waals surface area contributed by atoms with Crippen LogP contribution in [-0.4, -0.2) is 15.9 Å². The van der Waals surface area contributed by atoms with Gasteiger partial charge in [-0.05, 0) is 25.1 Å². The van der Waals surface area contributed by atoms with E-state index in [-0.39, 0.29) is 11.6 Å². The summed E-state index contributed by atoms with van der Waals surface area (Å²) in [5.41, 5.74) is 1.88. The molecule has 8 heteroatoms. The van der Waals surface area contributed by atoms with Crippen LogP contribution in [0.5, 0.6) is 0 Å². The Kier molecular flexibility index (Phi) is 5.21. The molecule has 0 N–H and O–H groups in total. The summed E-state index contributed by atoms with van der Waals surface area (Å²) >= 11 is 2.58. The van der Waals surface area contributed by atoms with E-state index in [0.717, 1.165) is 5.69 Å². The molecule has 0 fully saturated rings. The summed E-state index contributed by atoms with van der Waals surface area (Å²) in [6.45, 7) is 3.21. The Morgan fingerprint density at radius 3 is 2.65 bits per heavy atom. The van der Waals surface area contributed by atoms with E-state index in [9.17, 15) is 14.4 Å². The second-order valence-corrected chi connectivity index (χ2v) is 7.02. The number of nitriles is 1. The van der Waals surface area contributed by atoms with Crippen molar-refractivity contribution in [2.24, 2.45) is 0 Å². The number of aromatic nitrogens is 2. The normalized spacial score (nSPS) is 11.2. The third kappa shape index (κ3) is 3.69. The summed E-state index contributed by atoms with van der Waals surface area (Å²) in [6.07, 6.45) is 1.61. The van der Waals surface area contributed by atoms with Crippen molar-refractivity contribution in [1.82, 2.24) is 9.97 Å². The maximum absolute atomic E-state index is 14.1. The lowest BCUT2D eigenvalue weighted by molar-refractivity contribution is -0.115. The van der Waals surface area contributed by atoms with Gasteiger partial charge in [0.05, 0.1) is 17.0 Å². The minimum atomic E-state index is -0.508. The molecule has 3 rings (SSSR count). The maximum Gasteiger partial charge on any atom is 0.230 e. The number of halogens is 1. The standard InChI is InChI=1S/C18H13FN4OS2/c1-11-9-25-17(21-11)13(8-20)7-14-10-26-18(22-14)23(12(2)24)16-6-4-3-5-15(16)19/h3-7,9-10H,1-2H3/b13-7+. The number of anilines is 2. The Morgan fingerprint density at radius 1 is 1.27 bits per heavy atom. The average molecular weight is 384 g/mol. The number of thiazole rings is 2. The van der Waals surface area contributed by atoms with E-state index in [0.29, 0.717) is 21.4 Å². The summed E-state index contributed by atoms with van der Waals surface area (Å²) in [6, 6.07) is 8.14. The molecule has 5 nitrogen and oxygen atoms in total. The van der Waals surface area contributed by atoms with Crippen molar-refractivity contribution >= 4 is 51.0 Å². The van der Waals surface area contributed by atoms with Gasteiger partial charge in [0.15, 0.2) is 5.13 Å². The van der Waals surface area contributed by atoms with Gasteiger partial charge in [-0.3, -0.25) is 9.69 Å². The number of carbonyl (C=O) groups excluding carboxylic acids is 1. The molecule has 0 atom stereocenters. The van der Waals surface area contributed by atoms with Gasteiger partial charge in [0.1, 0.15) is 16.9 Å². The molecule has 0 spiro atoms. The van der Waals surface area contributed by atoms with Crippen molar-refractivity contribution in [1.29, 1.82) is 5.26 Å². The molecular formula is C18H13FN4OS2. The highest BCUT2D eigenvalue weighted by Crippen LogP contribution is 2.32. The van der Waals surface area contributed by atoms with Crippen molar-refractivity contribution in [3.05, 3.63) is 57.2 Å². The van der Waals surface area contributed by atoms with Crippen LogP contribution in [0.4, 0.5) is 15.2 Å². The molecule has 0 bridgehead atoms. The van der Waals surface area contributed by atoms with Crippen molar-refractivity contribution in [3.8, 4) is 6.07 Å². The Bertz CT molecular complexity index is 1030. The van der Waals surface area contributed by atoms with Crippen molar-refractivity contribution in [3.63, 3.8) is 0 Å². The van der Waals surface area contributed by atoms with Crippen LogP contribution in [-0.2, 0) is 4.79 Å². The monoisotopic (exact) mass is 384 g/mol. The van der Waals surface area contributed by atoms with Crippen LogP contribution in [0.2, 0.25) is 0 Å². The SMILES string of the molecule is CC(=O)N(c1nc(/C=C(\C#N)c2nc(C)cs2)cs1)c1ccccc1F. The molecule has 3 aromatic rings. The number of nitrogens with zero attached hydrogens (tertiary/aromatic N) is 4. The number of hydrogen-bond acceptors (Lipinski definition) is 6. The number of rotatable bonds is 4. The quantitative estimate of drug-likeness (QED) is 0.606. The fourth-order valence-electron chi connectivity index (χ4n) is 2.25. The van der Waals surface area contributed by atoms with E-state index < -0.39 is 5.82 Å². The Labute approximate surface area is 157 Å². The topological polar surface area (TPSA) is 69.9 Å². The molecule has 0 saturated carbocycles.